The highest BCUT2D eigenvalue weighted by Crippen LogP contribution is 2.32. The number of carbonyl (C=O) groups is 1. The number of anilines is 1. The van der Waals surface area contributed by atoms with E-state index in [0.717, 1.165) is 33.3 Å². The second kappa shape index (κ2) is 6.70. The summed E-state index contributed by atoms with van der Waals surface area (Å²) in [5.41, 5.74) is 3.46. The number of amides is 1. The van der Waals surface area contributed by atoms with E-state index in [1.807, 2.05) is 61.5 Å². The van der Waals surface area contributed by atoms with Crippen LogP contribution in [0.15, 0.2) is 70.0 Å². The van der Waals surface area contributed by atoms with Crippen molar-refractivity contribution in [3.8, 4) is 11.5 Å². The fourth-order valence-electron chi connectivity index (χ4n) is 3.95. The Morgan fingerprint density at radius 2 is 2.00 bits per heavy atom. The van der Waals surface area contributed by atoms with E-state index in [9.17, 15) is 9.59 Å². The van der Waals surface area contributed by atoms with Gasteiger partial charge < -0.3 is 9.32 Å². The molecule has 4 aromatic rings. The van der Waals surface area contributed by atoms with Gasteiger partial charge in [-0.15, -0.1) is 5.10 Å². The van der Waals surface area contributed by atoms with Gasteiger partial charge in [-0.05, 0) is 43.2 Å². The summed E-state index contributed by atoms with van der Waals surface area (Å²) in [5, 5.41) is 5.12. The maximum absolute atomic E-state index is 13.0. The molecule has 3 heterocycles. The Hall–Kier alpha value is -3.74. The van der Waals surface area contributed by atoms with E-state index >= 15 is 0 Å². The van der Waals surface area contributed by atoms with Crippen molar-refractivity contribution in [1.29, 1.82) is 0 Å². The molecule has 7 nitrogen and oxygen atoms in total. The number of carbonyl (C=O) groups excluding carboxylic acids is 1. The number of hydrogen-bond donors (Lipinski definition) is 0. The third kappa shape index (κ3) is 2.91. The molecular formula is C22H18N4O3. The van der Waals surface area contributed by atoms with Crippen LogP contribution in [-0.2, 0) is 17.8 Å². The van der Waals surface area contributed by atoms with Crippen LogP contribution < -0.4 is 10.7 Å². The number of pyridine rings is 1. The van der Waals surface area contributed by atoms with Crippen LogP contribution in [0.2, 0.25) is 0 Å². The van der Waals surface area contributed by atoms with E-state index < -0.39 is 5.76 Å². The highest BCUT2D eigenvalue weighted by atomic mass is 16.4. The average molecular weight is 386 g/mol. The van der Waals surface area contributed by atoms with Crippen LogP contribution in [0, 0.1) is 0 Å². The van der Waals surface area contributed by atoms with Gasteiger partial charge in [0.1, 0.15) is 6.54 Å². The average Bonchev–Trinajstić information content (AvgIpc) is 3.26. The van der Waals surface area contributed by atoms with Crippen LogP contribution in [0.3, 0.4) is 0 Å². The van der Waals surface area contributed by atoms with Gasteiger partial charge in [-0.25, -0.2) is 4.79 Å². The minimum Gasteiger partial charge on any atom is -0.388 e. The molecule has 2 aromatic heterocycles. The first-order valence-corrected chi connectivity index (χ1v) is 9.44. The van der Waals surface area contributed by atoms with Gasteiger partial charge in [0.05, 0.1) is 5.52 Å². The van der Waals surface area contributed by atoms with Crippen LogP contribution >= 0.6 is 0 Å². The van der Waals surface area contributed by atoms with Crippen molar-refractivity contribution < 1.29 is 9.21 Å². The lowest BCUT2D eigenvalue weighted by Gasteiger charge is -2.22. The zero-order valence-corrected chi connectivity index (χ0v) is 15.8. The maximum Gasteiger partial charge on any atom is 0.437 e. The molecule has 0 bridgehead atoms. The molecule has 2 aromatic carbocycles. The number of fused-ring (bicyclic) bond motifs is 2. The van der Waals surface area contributed by atoms with Crippen molar-refractivity contribution in [3.05, 3.63) is 76.9 Å². The van der Waals surface area contributed by atoms with Crippen LogP contribution in [-0.4, -0.2) is 26.7 Å². The largest absolute Gasteiger partial charge is 0.437 e. The monoisotopic (exact) mass is 386 g/mol. The Bertz CT molecular complexity index is 1290. The molecule has 0 saturated heterocycles. The normalized spacial score (nSPS) is 15.6. The molecule has 1 amide bonds. The zero-order valence-electron chi connectivity index (χ0n) is 15.8. The summed E-state index contributed by atoms with van der Waals surface area (Å²) in [5.74, 6) is -0.672. The molecule has 29 heavy (non-hydrogen) atoms. The number of benzene rings is 2. The summed E-state index contributed by atoms with van der Waals surface area (Å²) in [6.45, 7) is 1.82. The zero-order chi connectivity index (χ0) is 20.0. The third-order valence-corrected chi connectivity index (χ3v) is 5.24. The van der Waals surface area contributed by atoms with E-state index in [2.05, 4.69) is 10.1 Å². The van der Waals surface area contributed by atoms with Crippen molar-refractivity contribution in [2.45, 2.75) is 25.9 Å². The Balaban J connectivity index is 1.47. The summed E-state index contributed by atoms with van der Waals surface area (Å²) in [6, 6.07) is 17.1. The number of aromatic nitrogens is 3. The molecule has 144 valence electrons. The van der Waals surface area contributed by atoms with E-state index in [4.69, 9.17) is 4.42 Å². The Morgan fingerprint density at radius 3 is 2.90 bits per heavy atom. The molecule has 5 rings (SSSR count). The predicted molar refractivity (Wildman–Crippen MR) is 109 cm³/mol. The first kappa shape index (κ1) is 17.4. The standard InChI is InChI=1S/C22H18N4O3/c1-14-12-15-6-2-3-10-19(15)26(14)20(27)13-25-22(28)29-21(24-25)17-7-4-9-18-16(17)8-5-11-23-18/h2-11,14H,12-13H2,1H3. The molecule has 7 heteroatoms. The highest BCUT2D eigenvalue weighted by Gasteiger charge is 2.31. The lowest BCUT2D eigenvalue weighted by Crippen LogP contribution is -2.39. The molecule has 0 spiro atoms. The van der Waals surface area contributed by atoms with Gasteiger partial charge in [0.2, 0.25) is 11.8 Å². The predicted octanol–water partition coefficient (Wildman–Crippen LogP) is 3.03. The second-order valence-electron chi connectivity index (χ2n) is 7.15. The van der Waals surface area contributed by atoms with E-state index in [1.54, 1.807) is 11.1 Å². The highest BCUT2D eigenvalue weighted by molar-refractivity contribution is 5.96. The third-order valence-electron chi connectivity index (χ3n) is 5.24. The topological polar surface area (TPSA) is 81.2 Å². The summed E-state index contributed by atoms with van der Waals surface area (Å²) in [4.78, 5) is 31.4. The van der Waals surface area contributed by atoms with Crippen molar-refractivity contribution in [1.82, 2.24) is 14.8 Å². The molecule has 1 unspecified atom stereocenters. The first-order chi connectivity index (χ1) is 14.1. The van der Waals surface area contributed by atoms with Crippen LogP contribution in [0.1, 0.15) is 12.5 Å². The van der Waals surface area contributed by atoms with E-state index in [0.29, 0.717) is 5.56 Å². The summed E-state index contributed by atoms with van der Waals surface area (Å²) >= 11 is 0. The Labute approximate surface area is 166 Å². The number of hydrogen-bond acceptors (Lipinski definition) is 5. The summed E-state index contributed by atoms with van der Waals surface area (Å²) in [7, 11) is 0. The second-order valence-corrected chi connectivity index (χ2v) is 7.15. The van der Waals surface area contributed by atoms with Crippen LogP contribution in [0.25, 0.3) is 22.4 Å². The number of nitrogens with zero attached hydrogens (tertiary/aromatic N) is 4. The van der Waals surface area contributed by atoms with Gasteiger partial charge in [0.25, 0.3) is 0 Å². The fourth-order valence-corrected chi connectivity index (χ4v) is 3.95. The molecule has 0 saturated carbocycles. The van der Waals surface area contributed by atoms with Crippen molar-refractivity contribution in [3.63, 3.8) is 0 Å². The minimum absolute atomic E-state index is 0.0334. The van der Waals surface area contributed by atoms with Crippen molar-refractivity contribution in [2.24, 2.45) is 0 Å². The number of para-hydroxylation sites is 1. The molecule has 0 fully saturated rings. The molecule has 1 aliphatic rings. The van der Waals surface area contributed by atoms with Gasteiger partial charge in [0.15, 0.2) is 0 Å². The molecule has 1 aliphatic heterocycles. The molecule has 0 radical (unpaired) electrons. The first-order valence-electron chi connectivity index (χ1n) is 9.44. The van der Waals surface area contributed by atoms with E-state index in [1.165, 1.54) is 0 Å². The quantitative estimate of drug-likeness (QED) is 0.541. The van der Waals surface area contributed by atoms with Crippen molar-refractivity contribution >= 4 is 22.5 Å². The molecular weight excluding hydrogens is 368 g/mol. The fraction of sp³-hybridized carbons (Fsp3) is 0.182. The van der Waals surface area contributed by atoms with E-state index in [-0.39, 0.29) is 24.4 Å². The lowest BCUT2D eigenvalue weighted by atomic mass is 10.1. The molecule has 0 N–H and O–H groups in total. The van der Waals surface area contributed by atoms with Gasteiger partial charge in [-0.1, -0.05) is 30.3 Å². The summed E-state index contributed by atoms with van der Waals surface area (Å²) < 4.78 is 6.45. The van der Waals surface area contributed by atoms with Crippen molar-refractivity contribution in [2.75, 3.05) is 4.90 Å². The maximum atomic E-state index is 13.0. The summed E-state index contributed by atoms with van der Waals surface area (Å²) in [6.07, 6.45) is 2.50. The van der Waals surface area contributed by atoms with Crippen LogP contribution in [0.5, 0.6) is 0 Å². The van der Waals surface area contributed by atoms with Crippen LogP contribution in [0.4, 0.5) is 5.69 Å². The molecule has 0 aliphatic carbocycles. The van der Waals surface area contributed by atoms with Gasteiger partial charge in [0, 0.05) is 28.9 Å². The lowest BCUT2D eigenvalue weighted by molar-refractivity contribution is -0.119. The number of rotatable bonds is 3. The molecule has 1 atom stereocenters. The Morgan fingerprint density at radius 1 is 1.14 bits per heavy atom. The SMILES string of the molecule is CC1Cc2ccccc2N1C(=O)Cn1nc(-c2cccc3ncccc23)oc1=O. The smallest absolute Gasteiger partial charge is 0.388 e. The van der Waals surface area contributed by atoms with Gasteiger partial charge in [-0.3, -0.25) is 9.78 Å². The van der Waals surface area contributed by atoms with Gasteiger partial charge in [-0.2, -0.15) is 4.68 Å². The van der Waals surface area contributed by atoms with Gasteiger partial charge >= 0.3 is 5.76 Å². The Kier molecular flexibility index (Phi) is 4.01. The minimum atomic E-state index is -0.658.